The number of carbonyl (C=O) groups excluding carboxylic acids is 1. The second kappa shape index (κ2) is 6.16. The molecular formula is C8H18N2O. The molecular weight excluding hydrogens is 140 g/mol. The number of carbonyl (C=O) groups is 1. The van der Waals surface area contributed by atoms with Gasteiger partial charge >= 0.3 is 0 Å². The van der Waals surface area contributed by atoms with E-state index in [0.717, 1.165) is 12.8 Å². The average molecular weight is 158 g/mol. The SMILES string of the molecule is CCC[C@H](C)C(=O)NCCN. The zero-order valence-electron chi connectivity index (χ0n) is 7.39. The normalized spacial score (nSPS) is 12.6. The van der Waals surface area contributed by atoms with Crippen molar-refractivity contribution in [1.82, 2.24) is 5.32 Å². The third kappa shape index (κ3) is 4.79. The van der Waals surface area contributed by atoms with Gasteiger partial charge in [-0.15, -0.1) is 0 Å². The molecule has 0 radical (unpaired) electrons. The van der Waals surface area contributed by atoms with Crippen LogP contribution in [0.1, 0.15) is 26.7 Å². The third-order valence-corrected chi connectivity index (χ3v) is 1.61. The maximum atomic E-state index is 11.1. The van der Waals surface area contributed by atoms with E-state index in [1.54, 1.807) is 0 Å². The summed E-state index contributed by atoms with van der Waals surface area (Å²) in [6.07, 6.45) is 2.01. The zero-order valence-corrected chi connectivity index (χ0v) is 7.39. The van der Waals surface area contributed by atoms with Crippen LogP contribution in [-0.2, 0) is 4.79 Å². The van der Waals surface area contributed by atoms with Crippen LogP contribution in [0, 0.1) is 5.92 Å². The van der Waals surface area contributed by atoms with Gasteiger partial charge in [0.15, 0.2) is 0 Å². The van der Waals surface area contributed by atoms with Gasteiger partial charge in [-0.3, -0.25) is 4.79 Å². The molecule has 0 aliphatic carbocycles. The van der Waals surface area contributed by atoms with Crippen LogP contribution in [0.25, 0.3) is 0 Å². The lowest BCUT2D eigenvalue weighted by Crippen LogP contribution is -2.33. The Morgan fingerprint density at radius 2 is 2.27 bits per heavy atom. The lowest BCUT2D eigenvalue weighted by molar-refractivity contribution is -0.124. The minimum Gasteiger partial charge on any atom is -0.355 e. The van der Waals surface area contributed by atoms with Crippen molar-refractivity contribution in [2.45, 2.75) is 26.7 Å². The van der Waals surface area contributed by atoms with Gasteiger partial charge in [-0.05, 0) is 6.42 Å². The molecule has 0 aromatic carbocycles. The van der Waals surface area contributed by atoms with Gasteiger partial charge in [-0.1, -0.05) is 20.3 Å². The van der Waals surface area contributed by atoms with Crippen molar-refractivity contribution >= 4 is 5.91 Å². The number of amides is 1. The molecule has 3 heteroatoms. The molecule has 3 nitrogen and oxygen atoms in total. The summed E-state index contributed by atoms with van der Waals surface area (Å²) in [7, 11) is 0. The van der Waals surface area contributed by atoms with Gasteiger partial charge in [0, 0.05) is 19.0 Å². The van der Waals surface area contributed by atoms with Crippen LogP contribution < -0.4 is 11.1 Å². The lowest BCUT2D eigenvalue weighted by Gasteiger charge is -2.09. The second-order valence-corrected chi connectivity index (χ2v) is 2.77. The van der Waals surface area contributed by atoms with Crippen molar-refractivity contribution < 1.29 is 4.79 Å². The van der Waals surface area contributed by atoms with E-state index in [1.807, 2.05) is 6.92 Å². The standard InChI is InChI=1S/C8H18N2O/c1-3-4-7(2)8(11)10-6-5-9/h7H,3-6,9H2,1-2H3,(H,10,11)/t7-/m0/s1. The van der Waals surface area contributed by atoms with E-state index in [9.17, 15) is 4.79 Å². The monoisotopic (exact) mass is 158 g/mol. The summed E-state index contributed by atoms with van der Waals surface area (Å²) in [6, 6.07) is 0. The molecule has 0 heterocycles. The summed E-state index contributed by atoms with van der Waals surface area (Å²) in [4.78, 5) is 11.1. The first-order chi connectivity index (χ1) is 5.22. The fraction of sp³-hybridized carbons (Fsp3) is 0.875. The van der Waals surface area contributed by atoms with E-state index in [-0.39, 0.29) is 11.8 Å². The van der Waals surface area contributed by atoms with Crippen LogP contribution in [0.3, 0.4) is 0 Å². The van der Waals surface area contributed by atoms with Crippen LogP contribution in [-0.4, -0.2) is 19.0 Å². The average Bonchev–Trinajstić information content (AvgIpc) is 2.00. The molecule has 0 rings (SSSR count). The quantitative estimate of drug-likeness (QED) is 0.612. The van der Waals surface area contributed by atoms with Gasteiger partial charge < -0.3 is 11.1 Å². The van der Waals surface area contributed by atoms with Crippen molar-refractivity contribution in [2.75, 3.05) is 13.1 Å². The predicted molar refractivity (Wildman–Crippen MR) is 46.1 cm³/mol. The first-order valence-corrected chi connectivity index (χ1v) is 4.20. The van der Waals surface area contributed by atoms with Crippen LogP contribution >= 0.6 is 0 Å². The molecule has 0 bridgehead atoms. The molecule has 3 N–H and O–H groups in total. The predicted octanol–water partition coefficient (Wildman–Crippen LogP) is 0.497. The second-order valence-electron chi connectivity index (χ2n) is 2.77. The Labute approximate surface area is 68.3 Å². The highest BCUT2D eigenvalue weighted by Crippen LogP contribution is 2.03. The van der Waals surface area contributed by atoms with Crippen molar-refractivity contribution in [3.05, 3.63) is 0 Å². The molecule has 0 spiro atoms. The van der Waals surface area contributed by atoms with Gasteiger partial charge in [-0.25, -0.2) is 0 Å². The topological polar surface area (TPSA) is 55.1 Å². The van der Waals surface area contributed by atoms with Crippen LogP contribution in [0.2, 0.25) is 0 Å². The number of rotatable bonds is 5. The lowest BCUT2D eigenvalue weighted by atomic mass is 10.1. The summed E-state index contributed by atoms with van der Waals surface area (Å²) in [5.41, 5.74) is 5.24. The van der Waals surface area contributed by atoms with Crippen molar-refractivity contribution in [1.29, 1.82) is 0 Å². The molecule has 0 fully saturated rings. The summed E-state index contributed by atoms with van der Waals surface area (Å²) in [6.45, 7) is 5.12. The van der Waals surface area contributed by atoms with E-state index < -0.39 is 0 Å². The minimum absolute atomic E-state index is 0.123. The Kier molecular flexibility index (Phi) is 5.84. The van der Waals surface area contributed by atoms with Crippen LogP contribution in [0.5, 0.6) is 0 Å². The molecule has 0 aliphatic heterocycles. The van der Waals surface area contributed by atoms with E-state index in [2.05, 4.69) is 12.2 Å². The summed E-state index contributed by atoms with van der Waals surface area (Å²) in [5.74, 6) is 0.254. The van der Waals surface area contributed by atoms with Gasteiger partial charge in [0.25, 0.3) is 0 Å². The largest absolute Gasteiger partial charge is 0.355 e. The van der Waals surface area contributed by atoms with Crippen LogP contribution in [0.4, 0.5) is 0 Å². The van der Waals surface area contributed by atoms with E-state index >= 15 is 0 Å². The fourth-order valence-electron chi connectivity index (χ4n) is 0.934. The van der Waals surface area contributed by atoms with E-state index in [4.69, 9.17) is 5.73 Å². The Hall–Kier alpha value is -0.570. The first kappa shape index (κ1) is 10.4. The zero-order chi connectivity index (χ0) is 8.69. The molecule has 1 atom stereocenters. The fourth-order valence-corrected chi connectivity index (χ4v) is 0.934. The highest BCUT2D eigenvalue weighted by Gasteiger charge is 2.09. The molecule has 0 saturated heterocycles. The molecule has 0 unspecified atom stereocenters. The third-order valence-electron chi connectivity index (χ3n) is 1.61. The molecule has 0 aromatic heterocycles. The number of nitrogens with two attached hydrogens (primary N) is 1. The van der Waals surface area contributed by atoms with E-state index in [1.165, 1.54) is 0 Å². The highest BCUT2D eigenvalue weighted by molar-refractivity contribution is 5.78. The maximum absolute atomic E-state index is 11.1. The minimum atomic E-state index is 0.123. The molecule has 0 aromatic rings. The molecule has 0 aliphatic rings. The van der Waals surface area contributed by atoms with Gasteiger partial charge in [0.2, 0.25) is 5.91 Å². The van der Waals surface area contributed by atoms with Crippen molar-refractivity contribution in [3.63, 3.8) is 0 Å². The molecule has 11 heavy (non-hydrogen) atoms. The van der Waals surface area contributed by atoms with Crippen LogP contribution in [0.15, 0.2) is 0 Å². The number of hydrogen-bond donors (Lipinski definition) is 2. The van der Waals surface area contributed by atoms with Gasteiger partial charge in [0.05, 0.1) is 0 Å². The Balaban J connectivity index is 3.47. The van der Waals surface area contributed by atoms with Crippen molar-refractivity contribution in [3.8, 4) is 0 Å². The first-order valence-electron chi connectivity index (χ1n) is 4.20. The highest BCUT2D eigenvalue weighted by atomic mass is 16.1. The van der Waals surface area contributed by atoms with Gasteiger partial charge in [0.1, 0.15) is 0 Å². The Morgan fingerprint density at radius 1 is 1.64 bits per heavy atom. The molecule has 1 amide bonds. The molecule has 0 saturated carbocycles. The number of nitrogens with one attached hydrogen (secondary N) is 1. The summed E-state index contributed by atoms with van der Waals surface area (Å²) < 4.78 is 0. The number of hydrogen-bond acceptors (Lipinski definition) is 2. The van der Waals surface area contributed by atoms with Gasteiger partial charge in [-0.2, -0.15) is 0 Å². The Morgan fingerprint density at radius 3 is 2.73 bits per heavy atom. The summed E-state index contributed by atoms with van der Waals surface area (Å²) >= 11 is 0. The summed E-state index contributed by atoms with van der Waals surface area (Å²) in [5, 5.41) is 2.75. The van der Waals surface area contributed by atoms with E-state index in [0.29, 0.717) is 13.1 Å². The maximum Gasteiger partial charge on any atom is 0.222 e. The Bertz CT molecular complexity index is 115. The molecule has 66 valence electrons. The smallest absolute Gasteiger partial charge is 0.222 e. The van der Waals surface area contributed by atoms with Crippen molar-refractivity contribution in [2.24, 2.45) is 11.7 Å².